The summed E-state index contributed by atoms with van der Waals surface area (Å²) in [4.78, 5) is 32.1. The first kappa shape index (κ1) is 31.9. The third kappa shape index (κ3) is 5.20. The number of carbonyl (C=O) groups is 2. The molecule has 5 nitrogen and oxygen atoms in total. The van der Waals surface area contributed by atoms with Crippen LogP contribution in [0.3, 0.4) is 0 Å². The van der Waals surface area contributed by atoms with Crippen LogP contribution < -0.4 is 25.6 Å². The molecule has 0 fully saturated rings. The number of benzene rings is 7. The lowest BCUT2D eigenvalue weighted by Gasteiger charge is -2.34. The van der Waals surface area contributed by atoms with Gasteiger partial charge in [-0.1, -0.05) is 91.0 Å². The van der Waals surface area contributed by atoms with Gasteiger partial charge in [-0.15, -0.1) is 0 Å². The second kappa shape index (κ2) is 13.3. The van der Waals surface area contributed by atoms with Crippen molar-refractivity contribution >= 4 is 62.8 Å². The second-order valence-electron chi connectivity index (χ2n) is 13.2. The number of ether oxygens (including phenoxy) is 1. The normalized spacial score (nSPS) is 13.5. The Bertz CT molecular complexity index is 2290. The zero-order chi connectivity index (χ0) is 35.1. The third-order valence-electron chi connectivity index (χ3n) is 10.4. The van der Waals surface area contributed by atoms with Crippen molar-refractivity contribution in [3.63, 3.8) is 0 Å². The number of imide groups is 1. The molecule has 7 aromatic carbocycles. The van der Waals surface area contributed by atoms with E-state index in [2.05, 4.69) is 95.9 Å². The van der Waals surface area contributed by atoms with Crippen LogP contribution in [0.15, 0.2) is 170 Å². The lowest BCUT2D eigenvalue weighted by atomic mass is 9.92. The maximum atomic E-state index is 14.2. The molecule has 7 aromatic rings. The first-order valence-corrected chi connectivity index (χ1v) is 19.8. The van der Waals surface area contributed by atoms with Gasteiger partial charge < -0.3 is 9.64 Å². The third-order valence-corrected chi connectivity index (χ3v) is 14.9. The van der Waals surface area contributed by atoms with Gasteiger partial charge in [0.05, 0.1) is 23.2 Å². The zero-order valence-electron chi connectivity index (χ0n) is 28.6. The molecule has 0 N–H and O–H groups in total. The van der Waals surface area contributed by atoms with Crippen LogP contribution in [0.2, 0.25) is 0 Å². The highest BCUT2D eigenvalue weighted by Gasteiger charge is 2.45. The first-order chi connectivity index (χ1) is 25.6. The fourth-order valence-corrected chi connectivity index (χ4v) is 12.4. The van der Waals surface area contributed by atoms with Crippen molar-refractivity contribution in [3.8, 4) is 11.5 Å². The largest absolute Gasteiger partial charge is 0.453 e. The fraction of sp³-hybridized carbons (Fsp3) is 0.0870. The number of amides is 2. The average Bonchev–Trinajstić information content (AvgIpc) is 3.21. The van der Waals surface area contributed by atoms with Gasteiger partial charge in [0.25, 0.3) is 11.8 Å². The van der Waals surface area contributed by atoms with E-state index >= 15 is 0 Å². The van der Waals surface area contributed by atoms with E-state index in [0.717, 1.165) is 46.5 Å². The number of nitrogens with zero attached hydrogens (tertiary/aromatic N) is 2. The van der Waals surface area contributed by atoms with Gasteiger partial charge in [-0.25, -0.2) is 0 Å². The van der Waals surface area contributed by atoms with E-state index < -0.39 is 7.26 Å². The smallest absolute Gasteiger partial charge is 0.261 e. The van der Waals surface area contributed by atoms with Crippen molar-refractivity contribution in [3.05, 3.63) is 181 Å². The Morgan fingerprint density at radius 3 is 1.52 bits per heavy atom. The Morgan fingerprint density at radius 1 is 0.462 bits per heavy atom. The Labute approximate surface area is 304 Å². The van der Waals surface area contributed by atoms with Gasteiger partial charge in [-0.05, 0) is 91.7 Å². The quantitative estimate of drug-likeness (QED) is 0.0858. The average molecular weight is 696 g/mol. The summed E-state index contributed by atoms with van der Waals surface area (Å²) in [5, 5.41) is 5.55. The summed E-state index contributed by atoms with van der Waals surface area (Å²) in [7, 11) is -2.01. The Kier molecular flexibility index (Phi) is 8.14. The summed E-state index contributed by atoms with van der Waals surface area (Å²) in [6.07, 6.45) is 2.49. The summed E-state index contributed by atoms with van der Waals surface area (Å²) in [5.74, 6) is 1.02. The number of unbranched alkanes of at least 4 members (excludes halogenated alkanes) is 1. The molecular weight excluding hydrogens is 659 g/mol. The summed E-state index contributed by atoms with van der Waals surface area (Å²) >= 11 is 0. The molecule has 0 bridgehead atoms. The van der Waals surface area contributed by atoms with Crippen molar-refractivity contribution in [1.29, 1.82) is 0 Å². The second-order valence-corrected chi connectivity index (χ2v) is 16.9. The molecule has 252 valence electrons. The minimum Gasteiger partial charge on any atom is -0.453 e. The summed E-state index contributed by atoms with van der Waals surface area (Å²) < 4.78 is 6.26. The van der Waals surface area contributed by atoms with Gasteiger partial charge in [0.1, 0.15) is 23.2 Å². The van der Waals surface area contributed by atoms with Crippen molar-refractivity contribution in [2.75, 3.05) is 17.6 Å². The predicted octanol–water partition coefficient (Wildman–Crippen LogP) is 9.79. The number of carbonyl (C=O) groups excluding carboxylic acids is 2. The van der Waals surface area contributed by atoms with Crippen LogP contribution in [0.1, 0.15) is 33.6 Å². The Balaban J connectivity index is 1.03. The molecule has 2 aliphatic rings. The maximum absolute atomic E-state index is 14.2. The monoisotopic (exact) mass is 695 g/mol. The van der Waals surface area contributed by atoms with E-state index in [1.807, 2.05) is 78.9 Å². The predicted molar refractivity (Wildman–Crippen MR) is 213 cm³/mol. The van der Waals surface area contributed by atoms with Gasteiger partial charge in [0, 0.05) is 28.4 Å². The van der Waals surface area contributed by atoms with E-state index in [-0.39, 0.29) is 11.8 Å². The standard InChI is InChI=1S/C46H36N2O3P/c49-45-37-24-16-23-36-39(48-40-25-10-12-27-42(40)51-43-28-13-11-26-41(43)48)30-29-38(44(36)37)46(50)47(45)31-14-15-32-52(33-17-4-1-5-18-33,34-19-6-2-7-20-34)35-21-8-3-9-22-35/h1-13,16-30H,14-15,31-32H2/q+1. The highest BCUT2D eigenvalue weighted by molar-refractivity contribution is 7.95. The molecule has 52 heavy (non-hydrogen) atoms. The number of para-hydroxylation sites is 4. The fourth-order valence-electron chi connectivity index (χ4n) is 7.99. The van der Waals surface area contributed by atoms with Crippen LogP contribution in [-0.2, 0) is 0 Å². The molecule has 0 saturated carbocycles. The molecule has 0 aliphatic carbocycles. The van der Waals surface area contributed by atoms with Gasteiger partial charge in [0.2, 0.25) is 0 Å². The molecular formula is C46H36N2O3P+. The Hall–Kier alpha value is -6.03. The molecule has 0 unspecified atom stereocenters. The highest BCUT2D eigenvalue weighted by atomic mass is 31.2. The van der Waals surface area contributed by atoms with Gasteiger partial charge in [-0.2, -0.15) is 0 Å². The van der Waals surface area contributed by atoms with Crippen LogP contribution in [0, 0.1) is 0 Å². The van der Waals surface area contributed by atoms with Crippen LogP contribution in [0.5, 0.6) is 11.5 Å². The number of anilines is 3. The van der Waals surface area contributed by atoms with Crippen molar-refractivity contribution in [2.24, 2.45) is 0 Å². The van der Waals surface area contributed by atoms with Crippen molar-refractivity contribution < 1.29 is 14.3 Å². The first-order valence-electron chi connectivity index (χ1n) is 17.8. The Morgan fingerprint density at radius 2 is 0.962 bits per heavy atom. The van der Waals surface area contributed by atoms with Crippen molar-refractivity contribution in [2.45, 2.75) is 12.8 Å². The number of hydrogen-bond donors (Lipinski definition) is 0. The maximum Gasteiger partial charge on any atom is 0.261 e. The van der Waals surface area contributed by atoms with E-state index in [1.165, 1.54) is 20.8 Å². The number of hydrogen-bond acceptors (Lipinski definition) is 4. The zero-order valence-corrected chi connectivity index (χ0v) is 29.5. The topological polar surface area (TPSA) is 49.9 Å². The molecule has 0 spiro atoms. The molecule has 0 atom stereocenters. The SMILES string of the molecule is O=C1c2cccc3c(N4c5ccccc5Oc5ccccc54)ccc(c23)C(=O)N1CCCC[P+](c1ccccc1)(c1ccccc1)c1ccccc1. The highest BCUT2D eigenvalue weighted by Crippen LogP contribution is 2.56. The molecule has 9 rings (SSSR count). The van der Waals surface area contributed by atoms with Gasteiger partial charge in [0.15, 0.2) is 11.5 Å². The minimum atomic E-state index is -2.01. The molecule has 2 heterocycles. The molecule has 6 heteroatoms. The lowest BCUT2D eigenvalue weighted by Crippen LogP contribution is -2.41. The van der Waals surface area contributed by atoms with E-state index in [4.69, 9.17) is 4.74 Å². The molecule has 2 aliphatic heterocycles. The molecule has 0 aromatic heterocycles. The van der Waals surface area contributed by atoms with Crippen LogP contribution in [-0.4, -0.2) is 29.4 Å². The number of fused-ring (bicyclic) bond motifs is 2. The summed E-state index contributed by atoms with van der Waals surface area (Å²) in [6.45, 7) is 0.359. The van der Waals surface area contributed by atoms with Crippen LogP contribution in [0.25, 0.3) is 10.8 Å². The van der Waals surface area contributed by atoms with E-state index in [1.54, 1.807) is 0 Å². The van der Waals surface area contributed by atoms with Crippen molar-refractivity contribution in [1.82, 2.24) is 4.90 Å². The van der Waals surface area contributed by atoms with E-state index in [0.29, 0.717) is 29.5 Å². The number of rotatable bonds is 9. The molecule has 0 radical (unpaired) electrons. The van der Waals surface area contributed by atoms with E-state index in [9.17, 15) is 9.59 Å². The van der Waals surface area contributed by atoms with Gasteiger partial charge >= 0.3 is 0 Å². The minimum absolute atomic E-state index is 0.238. The van der Waals surface area contributed by atoms with Crippen LogP contribution >= 0.6 is 7.26 Å². The van der Waals surface area contributed by atoms with Gasteiger partial charge in [-0.3, -0.25) is 14.5 Å². The summed E-state index contributed by atoms with van der Waals surface area (Å²) in [6, 6.07) is 58.1. The molecule has 2 amide bonds. The lowest BCUT2D eigenvalue weighted by molar-refractivity contribution is 0.0608. The molecule has 0 saturated heterocycles. The summed E-state index contributed by atoms with van der Waals surface area (Å²) in [5.41, 5.74) is 3.81. The van der Waals surface area contributed by atoms with Crippen LogP contribution in [0.4, 0.5) is 17.1 Å².